The van der Waals surface area contributed by atoms with E-state index in [0.717, 1.165) is 18.5 Å². The smallest absolute Gasteiger partial charge is 0.0958 e. The Morgan fingerprint density at radius 1 is 1.35 bits per heavy atom. The SMILES string of the molecule is CCn1cnc2cc(C(N)CC(C)C)ccc21. The summed E-state index contributed by atoms with van der Waals surface area (Å²) in [4.78, 5) is 4.42. The van der Waals surface area contributed by atoms with E-state index >= 15 is 0 Å². The van der Waals surface area contributed by atoms with Gasteiger partial charge in [0.15, 0.2) is 0 Å². The first-order chi connectivity index (χ1) is 8.11. The Balaban J connectivity index is 2.31. The van der Waals surface area contributed by atoms with Crippen LogP contribution < -0.4 is 5.73 Å². The van der Waals surface area contributed by atoms with Crippen LogP contribution in [0.15, 0.2) is 24.5 Å². The lowest BCUT2D eigenvalue weighted by Crippen LogP contribution is -2.12. The Labute approximate surface area is 103 Å². The van der Waals surface area contributed by atoms with Crippen molar-refractivity contribution in [3.8, 4) is 0 Å². The minimum atomic E-state index is 0.117. The number of hydrogen-bond acceptors (Lipinski definition) is 2. The van der Waals surface area contributed by atoms with Crippen molar-refractivity contribution in [3.63, 3.8) is 0 Å². The molecule has 17 heavy (non-hydrogen) atoms. The summed E-state index contributed by atoms with van der Waals surface area (Å²) in [6.07, 6.45) is 2.91. The number of aryl methyl sites for hydroxylation is 1. The third-order valence-electron chi connectivity index (χ3n) is 3.14. The number of benzene rings is 1. The van der Waals surface area contributed by atoms with Crippen LogP contribution in [0.5, 0.6) is 0 Å². The first-order valence-electron chi connectivity index (χ1n) is 6.32. The normalized spacial score (nSPS) is 13.5. The van der Waals surface area contributed by atoms with Gasteiger partial charge >= 0.3 is 0 Å². The molecule has 2 N–H and O–H groups in total. The van der Waals surface area contributed by atoms with E-state index in [9.17, 15) is 0 Å². The van der Waals surface area contributed by atoms with Crippen LogP contribution in [-0.2, 0) is 6.54 Å². The van der Waals surface area contributed by atoms with Crippen molar-refractivity contribution >= 4 is 11.0 Å². The van der Waals surface area contributed by atoms with E-state index in [0.29, 0.717) is 5.92 Å². The molecular weight excluding hydrogens is 210 g/mol. The highest BCUT2D eigenvalue weighted by molar-refractivity contribution is 5.76. The van der Waals surface area contributed by atoms with Crippen LogP contribution in [0.2, 0.25) is 0 Å². The minimum absolute atomic E-state index is 0.117. The summed E-state index contributed by atoms with van der Waals surface area (Å²) >= 11 is 0. The van der Waals surface area contributed by atoms with E-state index < -0.39 is 0 Å². The third kappa shape index (κ3) is 2.50. The minimum Gasteiger partial charge on any atom is -0.331 e. The summed E-state index contributed by atoms with van der Waals surface area (Å²) in [7, 11) is 0. The Kier molecular flexibility index (Phi) is 3.48. The zero-order chi connectivity index (χ0) is 12.4. The molecule has 0 bridgehead atoms. The molecule has 0 saturated heterocycles. The Bertz CT molecular complexity index is 499. The van der Waals surface area contributed by atoms with Gasteiger partial charge in [-0.05, 0) is 37.0 Å². The maximum Gasteiger partial charge on any atom is 0.0958 e. The quantitative estimate of drug-likeness (QED) is 0.878. The Hall–Kier alpha value is -1.35. The number of imidazole rings is 1. The van der Waals surface area contributed by atoms with Gasteiger partial charge in [-0.15, -0.1) is 0 Å². The molecule has 0 aliphatic carbocycles. The van der Waals surface area contributed by atoms with Crippen LogP contribution in [0.3, 0.4) is 0 Å². The average molecular weight is 231 g/mol. The van der Waals surface area contributed by atoms with Crippen LogP contribution in [-0.4, -0.2) is 9.55 Å². The van der Waals surface area contributed by atoms with Gasteiger partial charge in [0.05, 0.1) is 17.4 Å². The van der Waals surface area contributed by atoms with E-state index in [-0.39, 0.29) is 6.04 Å². The Morgan fingerprint density at radius 3 is 2.76 bits per heavy atom. The highest BCUT2D eigenvalue weighted by Crippen LogP contribution is 2.22. The molecule has 1 unspecified atom stereocenters. The molecule has 0 fully saturated rings. The monoisotopic (exact) mass is 231 g/mol. The lowest BCUT2D eigenvalue weighted by molar-refractivity contribution is 0.510. The number of hydrogen-bond donors (Lipinski definition) is 1. The van der Waals surface area contributed by atoms with E-state index in [4.69, 9.17) is 5.73 Å². The van der Waals surface area contributed by atoms with Gasteiger partial charge in [0, 0.05) is 12.6 Å². The second-order valence-electron chi connectivity index (χ2n) is 5.01. The summed E-state index contributed by atoms with van der Waals surface area (Å²) in [6.45, 7) is 7.47. The lowest BCUT2D eigenvalue weighted by atomic mass is 9.97. The predicted molar refractivity (Wildman–Crippen MR) is 71.8 cm³/mol. The molecule has 0 radical (unpaired) electrons. The second kappa shape index (κ2) is 4.88. The maximum absolute atomic E-state index is 6.19. The van der Waals surface area contributed by atoms with Crippen LogP contribution in [0, 0.1) is 5.92 Å². The van der Waals surface area contributed by atoms with Crippen LogP contribution >= 0.6 is 0 Å². The van der Waals surface area contributed by atoms with Crippen molar-refractivity contribution in [1.29, 1.82) is 0 Å². The van der Waals surface area contributed by atoms with Crippen LogP contribution in [0.1, 0.15) is 38.8 Å². The van der Waals surface area contributed by atoms with Crippen molar-refractivity contribution in [2.75, 3.05) is 0 Å². The number of fused-ring (bicyclic) bond motifs is 1. The largest absolute Gasteiger partial charge is 0.331 e. The fraction of sp³-hybridized carbons (Fsp3) is 0.500. The topological polar surface area (TPSA) is 43.8 Å². The van der Waals surface area contributed by atoms with Crippen molar-refractivity contribution in [1.82, 2.24) is 9.55 Å². The van der Waals surface area contributed by atoms with Gasteiger partial charge in [0.1, 0.15) is 0 Å². The maximum atomic E-state index is 6.19. The Morgan fingerprint density at radius 2 is 2.12 bits per heavy atom. The molecule has 1 atom stereocenters. The van der Waals surface area contributed by atoms with E-state index in [1.165, 1.54) is 11.1 Å². The summed E-state index contributed by atoms with van der Waals surface area (Å²) in [5.41, 5.74) is 9.61. The number of aromatic nitrogens is 2. The molecule has 1 aromatic heterocycles. The van der Waals surface area contributed by atoms with Gasteiger partial charge in [0.25, 0.3) is 0 Å². The molecule has 1 aromatic carbocycles. The van der Waals surface area contributed by atoms with Gasteiger partial charge in [-0.2, -0.15) is 0 Å². The van der Waals surface area contributed by atoms with Crippen molar-refractivity contribution in [2.24, 2.45) is 11.7 Å². The number of nitrogens with two attached hydrogens (primary N) is 1. The average Bonchev–Trinajstić information content (AvgIpc) is 2.69. The number of rotatable bonds is 4. The molecular formula is C14H21N3. The van der Waals surface area contributed by atoms with Gasteiger partial charge in [-0.1, -0.05) is 19.9 Å². The molecule has 0 aliphatic rings. The van der Waals surface area contributed by atoms with E-state index in [1.807, 2.05) is 6.33 Å². The summed E-state index contributed by atoms with van der Waals surface area (Å²) in [6, 6.07) is 6.49. The summed E-state index contributed by atoms with van der Waals surface area (Å²) in [5.74, 6) is 0.619. The third-order valence-corrected chi connectivity index (χ3v) is 3.14. The van der Waals surface area contributed by atoms with Crippen molar-refractivity contribution in [2.45, 2.75) is 39.8 Å². The van der Waals surface area contributed by atoms with Gasteiger partial charge in [0.2, 0.25) is 0 Å². The molecule has 0 spiro atoms. The van der Waals surface area contributed by atoms with E-state index in [1.54, 1.807) is 0 Å². The lowest BCUT2D eigenvalue weighted by Gasteiger charge is -2.14. The summed E-state index contributed by atoms with van der Waals surface area (Å²) in [5, 5.41) is 0. The molecule has 92 valence electrons. The zero-order valence-corrected chi connectivity index (χ0v) is 10.9. The van der Waals surface area contributed by atoms with Crippen LogP contribution in [0.4, 0.5) is 0 Å². The molecule has 2 rings (SSSR count). The molecule has 3 heteroatoms. The highest BCUT2D eigenvalue weighted by Gasteiger charge is 2.10. The predicted octanol–water partition coefficient (Wildman–Crippen LogP) is 3.10. The molecule has 3 nitrogen and oxygen atoms in total. The van der Waals surface area contributed by atoms with Crippen molar-refractivity contribution in [3.05, 3.63) is 30.1 Å². The fourth-order valence-corrected chi connectivity index (χ4v) is 2.21. The van der Waals surface area contributed by atoms with E-state index in [2.05, 4.69) is 48.5 Å². The molecule has 0 saturated carbocycles. The van der Waals surface area contributed by atoms with Gasteiger partial charge < -0.3 is 10.3 Å². The first-order valence-corrected chi connectivity index (χ1v) is 6.32. The highest BCUT2D eigenvalue weighted by atomic mass is 15.0. The van der Waals surface area contributed by atoms with Gasteiger partial charge in [-0.25, -0.2) is 4.98 Å². The number of nitrogens with zero attached hydrogens (tertiary/aromatic N) is 2. The first kappa shape index (κ1) is 12.1. The second-order valence-corrected chi connectivity index (χ2v) is 5.01. The van der Waals surface area contributed by atoms with Crippen molar-refractivity contribution < 1.29 is 0 Å². The zero-order valence-electron chi connectivity index (χ0n) is 10.9. The van der Waals surface area contributed by atoms with Crippen LogP contribution in [0.25, 0.3) is 11.0 Å². The fourth-order valence-electron chi connectivity index (χ4n) is 2.21. The molecule has 0 amide bonds. The molecule has 1 heterocycles. The van der Waals surface area contributed by atoms with Gasteiger partial charge in [-0.3, -0.25) is 0 Å². The molecule has 0 aliphatic heterocycles. The standard InChI is InChI=1S/C14H21N3/c1-4-17-9-16-13-8-11(5-6-14(13)17)12(15)7-10(2)3/h5-6,8-10,12H,4,7,15H2,1-3H3. The molecule has 2 aromatic rings. The summed E-state index contributed by atoms with van der Waals surface area (Å²) < 4.78 is 2.15.